The van der Waals surface area contributed by atoms with E-state index < -0.39 is 75.1 Å². The van der Waals surface area contributed by atoms with Gasteiger partial charge in [-0.2, -0.15) is 16.8 Å². The minimum atomic E-state index is -4.71. The van der Waals surface area contributed by atoms with Crippen LogP contribution in [-0.4, -0.2) is 48.6 Å². The largest absolute Gasteiger partial charge is 0.456 e. The fourth-order valence-corrected chi connectivity index (χ4v) is 10.4. The van der Waals surface area contributed by atoms with Crippen molar-refractivity contribution in [1.82, 2.24) is 0 Å². The second-order valence-electron chi connectivity index (χ2n) is 11.6. The van der Waals surface area contributed by atoms with Gasteiger partial charge in [0.05, 0.1) is 29.6 Å². The quantitative estimate of drug-likeness (QED) is 0.0883. The van der Waals surface area contributed by atoms with Gasteiger partial charge in [0.2, 0.25) is 19.7 Å². The Balaban J connectivity index is 1.21. The van der Waals surface area contributed by atoms with Gasteiger partial charge in [0.1, 0.15) is 32.8 Å². The van der Waals surface area contributed by atoms with Crippen LogP contribution in [0.15, 0.2) is 163 Å². The summed E-state index contributed by atoms with van der Waals surface area (Å²) in [6.07, 6.45) is 0. The summed E-state index contributed by atoms with van der Waals surface area (Å²) in [4.78, 5) is 10.2. The van der Waals surface area contributed by atoms with Crippen LogP contribution in [0.1, 0.15) is 15.9 Å². The summed E-state index contributed by atoms with van der Waals surface area (Å²) in [5.74, 6) is -0.601. The Hall–Kier alpha value is -5.11. The Labute approximate surface area is 331 Å². The number of hydrogen-bond donors (Lipinski definition) is 2. The lowest BCUT2D eigenvalue weighted by Gasteiger charge is -2.14. The summed E-state index contributed by atoms with van der Waals surface area (Å²) in [5.41, 5.74) is 0.421. The monoisotopic (exact) mass is 874 g/mol. The van der Waals surface area contributed by atoms with Crippen LogP contribution < -0.4 is 9.47 Å². The van der Waals surface area contributed by atoms with Crippen molar-refractivity contribution in [2.24, 2.45) is 0 Å². The molecule has 0 atom stereocenters. The molecular weight excluding hydrogens is 852 g/mol. The van der Waals surface area contributed by atoms with Crippen LogP contribution >= 0.6 is 23.2 Å². The average molecular weight is 876 g/mol. The van der Waals surface area contributed by atoms with E-state index in [4.69, 9.17) is 32.7 Å². The van der Waals surface area contributed by atoms with Crippen molar-refractivity contribution >= 4 is 68.9 Å². The molecule has 0 aliphatic heterocycles. The van der Waals surface area contributed by atoms with E-state index in [9.17, 15) is 47.6 Å². The number of ether oxygens (including phenoxy) is 2. The summed E-state index contributed by atoms with van der Waals surface area (Å²) < 4.78 is 131. The van der Waals surface area contributed by atoms with Crippen molar-refractivity contribution in [3.63, 3.8) is 0 Å². The predicted molar refractivity (Wildman–Crippen MR) is 203 cm³/mol. The van der Waals surface area contributed by atoms with Crippen molar-refractivity contribution < 1.29 is 57.0 Å². The molecule has 288 valence electrons. The number of benzene rings is 6. The molecule has 0 amide bonds. The molecule has 6 rings (SSSR count). The van der Waals surface area contributed by atoms with E-state index in [1.807, 2.05) is 0 Å². The lowest BCUT2D eigenvalue weighted by atomic mass is 10.0. The van der Waals surface area contributed by atoms with Gasteiger partial charge in [0.25, 0.3) is 20.2 Å². The van der Waals surface area contributed by atoms with Gasteiger partial charge >= 0.3 is 0 Å². The zero-order chi connectivity index (χ0) is 40.6. The first-order valence-electron chi connectivity index (χ1n) is 15.6. The van der Waals surface area contributed by atoms with Crippen LogP contribution in [-0.2, 0) is 39.9 Å². The van der Waals surface area contributed by atoms with Crippen molar-refractivity contribution in [2.45, 2.75) is 29.4 Å². The summed E-state index contributed by atoms with van der Waals surface area (Å²) in [6, 6.07) is 27.7. The van der Waals surface area contributed by atoms with Crippen molar-refractivity contribution in [3.8, 4) is 23.0 Å². The predicted octanol–water partition coefficient (Wildman–Crippen LogP) is 7.97. The molecule has 0 aromatic heterocycles. The molecule has 0 saturated heterocycles. The second kappa shape index (κ2) is 15.4. The molecule has 6 aromatic carbocycles. The van der Waals surface area contributed by atoms with Crippen molar-refractivity contribution in [3.05, 3.63) is 155 Å². The third-order valence-electron chi connectivity index (χ3n) is 7.92. The highest BCUT2D eigenvalue weighted by molar-refractivity contribution is 7.92. The highest BCUT2D eigenvalue weighted by atomic mass is 35.5. The number of sulfone groups is 2. The average Bonchev–Trinajstić information content (AvgIpc) is 3.14. The van der Waals surface area contributed by atoms with E-state index in [1.165, 1.54) is 84.9 Å². The number of rotatable bonds is 12. The molecule has 0 bridgehead atoms. The van der Waals surface area contributed by atoms with Gasteiger partial charge in [-0.1, -0.05) is 47.5 Å². The SMILES string of the molecule is O=C(c1ccc(Oc2cccc(Cl)c2S(=O)(=O)c2cccc(S(=O)(=O)O)c2)cc1)c1ccc(Oc2cccc(Cl)c2S(=O)(=O)c2cccc(S(=O)(=O)O)c2)cc1. The van der Waals surface area contributed by atoms with Gasteiger partial charge in [-0.25, -0.2) is 16.8 Å². The van der Waals surface area contributed by atoms with E-state index in [0.717, 1.165) is 48.5 Å². The van der Waals surface area contributed by atoms with Crippen LogP contribution in [0.3, 0.4) is 0 Å². The summed E-state index contributed by atoms with van der Waals surface area (Å²) in [6.45, 7) is 0. The highest BCUT2D eigenvalue weighted by Crippen LogP contribution is 2.40. The minimum absolute atomic E-state index is 0.118. The maximum atomic E-state index is 13.6. The van der Waals surface area contributed by atoms with Crippen LogP contribution in [0, 0.1) is 0 Å². The number of ketones is 1. The van der Waals surface area contributed by atoms with Crippen molar-refractivity contribution in [1.29, 1.82) is 0 Å². The molecule has 0 fully saturated rings. The number of carbonyl (C=O) groups excluding carboxylic acids is 1. The van der Waals surface area contributed by atoms with Gasteiger partial charge in [-0.3, -0.25) is 13.9 Å². The lowest BCUT2D eigenvalue weighted by molar-refractivity contribution is 0.103. The molecule has 0 heterocycles. The zero-order valence-corrected chi connectivity index (χ0v) is 32.8. The molecule has 0 aliphatic rings. The van der Waals surface area contributed by atoms with Gasteiger partial charge in [-0.05, 0) is 109 Å². The first kappa shape index (κ1) is 40.6. The topological polar surface area (TPSA) is 213 Å². The third kappa shape index (κ3) is 8.49. The van der Waals surface area contributed by atoms with Gasteiger partial charge in [-0.15, -0.1) is 0 Å². The van der Waals surface area contributed by atoms with Crippen LogP contribution in [0.5, 0.6) is 23.0 Å². The van der Waals surface area contributed by atoms with E-state index in [0.29, 0.717) is 0 Å². The molecule has 19 heteroatoms. The summed E-state index contributed by atoms with van der Waals surface area (Å²) in [5, 5.41) is -0.449. The summed E-state index contributed by atoms with van der Waals surface area (Å²) >= 11 is 12.6. The fourth-order valence-electron chi connectivity index (χ4n) is 5.27. The van der Waals surface area contributed by atoms with Gasteiger partial charge in [0.15, 0.2) is 5.78 Å². The zero-order valence-electron chi connectivity index (χ0n) is 28.0. The normalized spacial score (nSPS) is 12.2. The highest BCUT2D eigenvalue weighted by Gasteiger charge is 2.29. The molecule has 0 spiro atoms. The fraction of sp³-hybridized carbons (Fsp3) is 0. The third-order valence-corrected chi connectivity index (χ3v) is 14.1. The number of carbonyl (C=O) groups is 1. The number of hydrogen-bond acceptors (Lipinski definition) is 11. The maximum absolute atomic E-state index is 13.6. The smallest absolute Gasteiger partial charge is 0.294 e. The van der Waals surface area contributed by atoms with E-state index in [2.05, 4.69) is 0 Å². The van der Waals surface area contributed by atoms with E-state index in [1.54, 1.807) is 0 Å². The Kier molecular flexibility index (Phi) is 11.2. The molecule has 2 N–H and O–H groups in total. The Morgan fingerprint density at radius 2 is 0.768 bits per heavy atom. The number of halogens is 2. The van der Waals surface area contributed by atoms with E-state index in [-0.39, 0.29) is 44.2 Å². The Morgan fingerprint density at radius 3 is 1.11 bits per heavy atom. The molecular formula is C37H24Cl2O13S4. The van der Waals surface area contributed by atoms with Crippen LogP contribution in [0.2, 0.25) is 10.0 Å². The van der Waals surface area contributed by atoms with Crippen LogP contribution in [0.25, 0.3) is 0 Å². The summed E-state index contributed by atoms with van der Waals surface area (Å²) in [7, 11) is -18.4. The van der Waals surface area contributed by atoms with Gasteiger partial charge in [0, 0.05) is 11.1 Å². The second-order valence-corrected chi connectivity index (χ2v) is 19.1. The molecule has 0 unspecified atom stereocenters. The van der Waals surface area contributed by atoms with Crippen LogP contribution in [0.4, 0.5) is 0 Å². The molecule has 0 radical (unpaired) electrons. The lowest BCUT2D eigenvalue weighted by Crippen LogP contribution is -2.07. The maximum Gasteiger partial charge on any atom is 0.294 e. The molecule has 6 aromatic rings. The van der Waals surface area contributed by atoms with Crippen molar-refractivity contribution in [2.75, 3.05) is 0 Å². The Bertz CT molecular complexity index is 2770. The first-order chi connectivity index (χ1) is 26.3. The first-order valence-corrected chi connectivity index (χ1v) is 22.2. The molecule has 13 nitrogen and oxygen atoms in total. The molecule has 56 heavy (non-hydrogen) atoms. The molecule has 0 saturated carbocycles. The van der Waals surface area contributed by atoms with E-state index >= 15 is 0 Å². The minimum Gasteiger partial charge on any atom is -0.456 e. The van der Waals surface area contributed by atoms with Gasteiger partial charge < -0.3 is 9.47 Å². The standard InChI is InChI=1S/C37H24Cl2O13S4/c38-31-9-3-11-33(36(31)53(41,42)27-5-1-7-29(21-27)55(45,46)47)51-25-17-13-23(14-18-25)35(40)24-15-19-26(20-16-24)52-34-12-4-10-32(39)37(34)54(43,44)28-6-2-8-30(22-28)56(48,49)50/h1-22H,(H,45,46,47)(H,48,49,50). The Morgan fingerprint density at radius 1 is 0.446 bits per heavy atom. The molecule has 0 aliphatic carbocycles.